The summed E-state index contributed by atoms with van der Waals surface area (Å²) in [5.41, 5.74) is 0.883. The molecular weight excluding hydrogens is 221 g/mol. The molecule has 0 atom stereocenters. The summed E-state index contributed by atoms with van der Waals surface area (Å²) in [5, 5.41) is 11.6. The summed E-state index contributed by atoms with van der Waals surface area (Å²) in [5.74, 6) is -1.06. The first-order chi connectivity index (χ1) is 7.92. The normalized spacial score (nSPS) is 11.5. The second-order valence-electron chi connectivity index (χ2n) is 4.71. The maximum atomic E-state index is 12.8. The number of halogens is 1. The van der Waals surface area contributed by atoms with Gasteiger partial charge in [-0.25, -0.2) is 4.39 Å². The molecule has 0 unspecified atom stereocenters. The minimum Gasteiger partial charge on any atom is -0.481 e. The van der Waals surface area contributed by atoms with Crippen LogP contribution in [0.25, 0.3) is 0 Å². The molecule has 4 heteroatoms. The van der Waals surface area contributed by atoms with Gasteiger partial charge in [0.05, 0.1) is 6.42 Å². The zero-order valence-corrected chi connectivity index (χ0v) is 10.2. The molecule has 0 amide bonds. The molecule has 17 heavy (non-hydrogen) atoms. The predicted octanol–water partition coefficient (Wildman–Crippen LogP) is 2.17. The van der Waals surface area contributed by atoms with E-state index in [1.54, 1.807) is 12.1 Å². The number of carboxylic acids is 1. The molecule has 1 rings (SSSR count). The Bertz CT molecular complexity index is 374. The average molecular weight is 239 g/mol. The molecule has 1 aromatic carbocycles. The molecule has 0 aliphatic heterocycles. The standard InChI is InChI=1S/C13H18FNO2/c1-13(2,9-15-8-7-12(16)17)10-3-5-11(14)6-4-10/h3-6,15H,7-9H2,1-2H3,(H,16,17). The minimum atomic E-state index is -0.808. The Morgan fingerprint density at radius 3 is 2.47 bits per heavy atom. The first-order valence-electron chi connectivity index (χ1n) is 5.60. The number of carboxylic acid groups (broad SMARTS) is 1. The van der Waals surface area contributed by atoms with Crippen LogP contribution in [-0.4, -0.2) is 24.2 Å². The van der Waals surface area contributed by atoms with Crippen molar-refractivity contribution in [3.8, 4) is 0 Å². The van der Waals surface area contributed by atoms with Crippen molar-refractivity contribution in [3.05, 3.63) is 35.6 Å². The SMILES string of the molecule is CC(C)(CNCCC(=O)O)c1ccc(F)cc1. The summed E-state index contributed by atoms with van der Waals surface area (Å²) < 4.78 is 12.8. The maximum Gasteiger partial charge on any atom is 0.304 e. The van der Waals surface area contributed by atoms with Gasteiger partial charge in [0.1, 0.15) is 5.82 Å². The molecule has 2 N–H and O–H groups in total. The van der Waals surface area contributed by atoms with E-state index < -0.39 is 5.97 Å². The first kappa shape index (κ1) is 13.6. The van der Waals surface area contributed by atoms with Crippen LogP contribution in [0.2, 0.25) is 0 Å². The second-order valence-corrected chi connectivity index (χ2v) is 4.71. The van der Waals surface area contributed by atoms with E-state index in [-0.39, 0.29) is 17.7 Å². The highest BCUT2D eigenvalue weighted by atomic mass is 19.1. The molecule has 0 aliphatic carbocycles. The number of carbonyl (C=O) groups is 1. The zero-order chi connectivity index (χ0) is 12.9. The van der Waals surface area contributed by atoms with Crippen molar-refractivity contribution >= 4 is 5.97 Å². The van der Waals surface area contributed by atoms with Gasteiger partial charge in [0.2, 0.25) is 0 Å². The monoisotopic (exact) mass is 239 g/mol. The van der Waals surface area contributed by atoms with Crippen molar-refractivity contribution in [2.24, 2.45) is 0 Å². The van der Waals surface area contributed by atoms with Crippen LogP contribution in [0, 0.1) is 5.82 Å². The van der Waals surface area contributed by atoms with Crippen molar-refractivity contribution < 1.29 is 14.3 Å². The van der Waals surface area contributed by atoms with Gasteiger partial charge in [-0.15, -0.1) is 0 Å². The number of aliphatic carboxylic acids is 1. The topological polar surface area (TPSA) is 49.3 Å². The number of hydrogen-bond donors (Lipinski definition) is 2. The Morgan fingerprint density at radius 2 is 1.94 bits per heavy atom. The van der Waals surface area contributed by atoms with Crippen LogP contribution in [0.1, 0.15) is 25.8 Å². The van der Waals surface area contributed by atoms with Crippen LogP contribution >= 0.6 is 0 Å². The van der Waals surface area contributed by atoms with Crippen molar-refractivity contribution in [1.29, 1.82) is 0 Å². The number of benzene rings is 1. The van der Waals surface area contributed by atoms with Gasteiger partial charge >= 0.3 is 5.97 Å². The molecule has 0 saturated heterocycles. The highest BCUT2D eigenvalue weighted by Crippen LogP contribution is 2.22. The third kappa shape index (κ3) is 4.53. The Balaban J connectivity index is 2.50. The van der Waals surface area contributed by atoms with E-state index >= 15 is 0 Å². The van der Waals surface area contributed by atoms with Gasteiger partial charge < -0.3 is 10.4 Å². The van der Waals surface area contributed by atoms with Gasteiger partial charge in [-0.3, -0.25) is 4.79 Å². The van der Waals surface area contributed by atoms with Gasteiger partial charge in [0.25, 0.3) is 0 Å². The molecule has 0 aliphatic rings. The van der Waals surface area contributed by atoms with Crippen LogP contribution < -0.4 is 5.32 Å². The maximum absolute atomic E-state index is 12.8. The number of nitrogens with one attached hydrogen (secondary N) is 1. The van der Waals surface area contributed by atoms with E-state index in [1.165, 1.54) is 12.1 Å². The number of hydrogen-bond acceptors (Lipinski definition) is 2. The van der Waals surface area contributed by atoms with Gasteiger partial charge in [0.15, 0.2) is 0 Å². The minimum absolute atomic E-state index is 0.111. The van der Waals surface area contributed by atoms with Gasteiger partial charge in [0, 0.05) is 18.5 Å². The summed E-state index contributed by atoms with van der Waals surface area (Å²) in [6.07, 6.45) is 0.111. The summed E-state index contributed by atoms with van der Waals surface area (Å²) in [4.78, 5) is 10.3. The summed E-state index contributed by atoms with van der Waals surface area (Å²) in [6.45, 7) is 5.17. The quantitative estimate of drug-likeness (QED) is 0.748. The molecule has 3 nitrogen and oxygen atoms in total. The lowest BCUT2D eigenvalue weighted by Gasteiger charge is -2.25. The van der Waals surface area contributed by atoms with Gasteiger partial charge in [-0.1, -0.05) is 26.0 Å². The smallest absolute Gasteiger partial charge is 0.304 e. The lowest BCUT2D eigenvalue weighted by atomic mass is 9.84. The fourth-order valence-corrected chi connectivity index (χ4v) is 1.60. The molecule has 0 heterocycles. The Morgan fingerprint density at radius 1 is 1.35 bits per heavy atom. The molecule has 0 aromatic heterocycles. The molecule has 0 bridgehead atoms. The van der Waals surface area contributed by atoms with Crippen molar-refractivity contribution in [3.63, 3.8) is 0 Å². The van der Waals surface area contributed by atoms with Crippen LogP contribution in [0.4, 0.5) is 4.39 Å². The molecule has 0 fully saturated rings. The van der Waals surface area contributed by atoms with Gasteiger partial charge in [-0.2, -0.15) is 0 Å². The molecule has 1 aromatic rings. The van der Waals surface area contributed by atoms with Crippen molar-refractivity contribution in [2.45, 2.75) is 25.7 Å². The lowest BCUT2D eigenvalue weighted by Crippen LogP contribution is -2.34. The fraction of sp³-hybridized carbons (Fsp3) is 0.462. The van der Waals surface area contributed by atoms with Crippen LogP contribution in [0.5, 0.6) is 0 Å². The lowest BCUT2D eigenvalue weighted by molar-refractivity contribution is -0.136. The molecular formula is C13H18FNO2. The van der Waals surface area contributed by atoms with E-state index in [0.717, 1.165) is 5.56 Å². The molecule has 0 radical (unpaired) electrons. The van der Waals surface area contributed by atoms with E-state index in [2.05, 4.69) is 5.32 Å². The first-order valence-corrected chi connectivity index (χ1v) is 5.60. The van der Waals surface area contributed by atoms with Crippen LogP contribution in [0.3, 0.4) is 0 Å². The fourth-order valence-electron chi connectivity index (χ4n) is 1.60. The van der Waals surface area contributed by atoms with Crippen LogP contribution in [0.15, 0.2) is 24.3 Å². The Kier molecular flexibility index (Phi) is 4.63. The Hall–Kier alpha value is -1.42. The zero-order valence-electron chi connectivity index (χ0n) is 10.2. The third-order valence-corrected chi connectivity index (χ3v) is 2.71. The van der Waals surface area contributed by atoms with Crippen LogP contribution in [-0.2, 0) is 10.2 Å². The Labute approximate surface area is 101 Å². The largest absolute Gasteiger partial charge is 0.481 e. The van der Waals surface area contributed by atoms with E-state index in [4.69, 9.17) is 5.11 Å². The predicted molar refractivity (Wildman–Crippen MR) is 64.5 cm³/mol. The molecule has 94 valence electrons. The van der Waals surface area contributed by atoms with E-state index in [9.17, 15) is 9.18 Å². The van der Waals surface area contributed by atoms with Gasteiger partial charge in [-0.05, 0) is 17.7 Å². The number of rotatable bonds is 6. The highest BCUT2D eigenvalue weighted by Gasteiger charge is 2.19. The summed E-state index contributed by atoms with van der Waals surface area (Å²) in [6, 6.07) is 6.39. The second kappa shape index (κ2) is 5.77. The third-order valence-electron chi connectivity index (χ3n) is 2.71. The van der Waals surface area contributed by atoms with E-state index in [1.807, 2.05) is 13.8 Å². The van der Waals surface area contributed by atoms with Crippen molar-refractivity contribution in [1.82, 2.24) is 5.32 Å². The van der Waals surface area contributed by atoms with E-state index in [0.29, 0.717) is 13.1 Å². The van der Waals surface area contributed by atoms with Crippen molar-refractivity contribution in [2.75, 3.05) is 13.1 Å². The average Bonchev–Trinajstić information content (AvgIpc) is 2.25. The highest BCUT2D eigenvalue weighted by molar-refractivity contribution is 5.66. The molecule has 0 saturated carbocycles. The summed E-state index contributed by atoms with van der Waals surface area (Å²) in [7, 11) is 0. The summed E-state index contributed by atoms with van der Waals surface area (Å²) >= 11 is 0. The molecule has 0 spiro atoms.